The van der Waals surface area contributed by atoms with Crippen LogP contribution in [0.4, 0.5) is 5.95 Å². The third kappa shape index (κ3) is 6.36. The molecule has 2 aliphatic carbocycles. The molecule has 5 rings (SSSR count). The Morgan fingerprint density at radius 2 is 2.10 bits per heavy atom. The Balaban J connectivity index is 1.30. The zero-order valence-corrected chi connectivity index (χ0v) is 23.8. The summed E-state index contributed by atoms with van der Waals surface area (Å²) in [5.74, 6) is 0.822. The van der Waals surface area contributed by atoms with Crippen molar-refractivity contribution < 1.29 is 9.53 Å². The van der Waals surface area contributed by atoms with E-state index in [0.717, 1.165) is 38.0 Å². The Labute approximate surface area is 233 Å². The molecule has 0 bridgehead atoms. The van der Waals surface area contributed by atoms with Gasteiger partial charge in [0.2, 0.25) is 11.9 Å². The van der Waals surface area contributed by atoms with E-state index in [1.807, 2.05) is 12.3 Å². The lowest BCUT2D eigenvalue weighted by Gasteiger charge is -2.45. The number of carbonyl (C=O) groups excluding carboxylic acids is 1. The highest BCUT2D eigenvalue weighted by atomic mass is 16.5. The molecule has 39 heavy (non-hydrogen) atoms. The van der Waals surface area contributed by atoms with Gasteiger partial charge in [0.15, 0.2) is 0 Å². The van der Waals surface area contributed by atoms with E-state index >= 15 is 0 Å². The van der Waals surface area contributed by atoms with Gasteiger partial charge in [-0.3, -0.25) is 4.79 Å². The van der Waals surface area contributed by atoms with Crippen LogP contribution in [-0.4, -0.2) is 108 Å². The summed E-state index contributed by atoms with van der Waals surface area (Å²) in [7, 11) is 6.10. The number of hydrogen-bond acceptors (Lipinski definition) is 8. The van der Waals surface area contributed by atoms with Crippen LogP contribution in [-0.2, 0) is 9.53 Å². The van der Waals surface area contributed by atoms with Gasteiger partial charge in [0.25, 0.3) is 0 Å². The van der Waals surface area contributed by atoms with Crippen molar-refractivity contribution in [1.82, 2.24) is 30.0 Å². The standard InChI is InChI=1S/C30H45N7O2/c1-5-29(38)32-24-18-25(28(39-4)19-27(24)35(2)16-17-37-14-8-9-15-37)34-30-31-13-12-23(33-30)22-20-36(3)26-11-7-6-10-21(22)26/h5-6,10,12-13,20-21,24-28H,1,7-9,11,14-19H2,2-4H3,(H,32,38)(H,31,33,34)/t21?,24-,25?,26?,27?,28?/m1/s1. The molecule has 2 N–H and O–H groups in total. The fourth-order valence-corrected chi connectivity index (χ4v) is 6.89. The number of carbonyl (C=O) groups is 1. The topological polar surface area (TPSA) is 85.9 Å². The van der Waals surface area contributed by atoms with Gasteiger partial charge in [-0.15, -0.1) is 0 Å². The Bertz CT molecular complexity index is 1070. The average Bonchev–Trinajstić information content (AvgIpc) is 3.60. The number of nitrogens with zero attached hydrogens (tertiary/aromatic N) is 5. The number of nitrogens with one attached hydrogen (secondary N) is 2. The lowest BCUT2D eigenvalue weighted by Crippen LogP contribution is -2.60. The second-order valence-corrected chi connectivity index (χ2v) is 11.5. The van der Waals surface area contributed by atoms with E-state index in [-0.39, 0.29) is 30.1 Å². The van der Waals surface area contributed by atoms with Crippen molar-refractivity contribution in [2.24, 2.45) is 5.92 Å². The maximum absolute atomic E-state index is 12.4. The number of methoxy groups -OCH3 is 1. The minimum absolute atomic E-state index is 0.0316. The molecule has 1 saturated carbocycles. The summed E-state index contributed by atoms with van der Waals surface area (Å²) in [6, 6.07) is 2.60. The number of ether oxygens (including phenoxy) is 1. The van der Waals surface area contributed by atoms with Gasteiger partial charge in [-0.05, 0) is 70.8 Å². The van der Waals surface area contributed by atoms with Gasteiger partial charge in [-0.1, -0.05) is 18.7 Å². The Morgan fingerprint density at radius 3 is 2.87 bits per heavy atom. The van der Waals surface area contributed by atoms with Gasteiger partial charge in [-0.25, -0.2) is 9.97 Å². The molecule has 2 fully saturated rings. The van der Waals surface area contributed by atoms with Crippen LogP contribution in [0.5, 0.6) is 0 Å². The zero-order valence-electron chi connectivity index (χ0n) is 23.8. The van der Waals surface area contributed by atoms with Gasteiger partial charge in [0, 0.05) is 69.3 Å². The SMILES string of the molecule is C=CC(=O)N[C@@H]1CC(Nc2nccc(C3=CN(C)C4CCC=CC34)n2)C(OC)CC1N(C)CCN1CCCC1. The summed E-state index contributed by atoms with van der Waals surface area (Å²) >= 11 is 0. The van der Waals surface area contributed by atoms with Crippen molar-refractivity contribution in [3.63, 3.8) is 0 Å². The van der Waals surface area contributed by atoms with Crippen LogP contribution < -0.4 is 10.6 Å². The van der Waals surface area contributed by atoms with E-state index in [0.29, 0.717) is 24.3 Å². The number of rotatable bonds is 10. The number of fused-ring (bicyclic) bond motifs is 1. The highest BCUT2D eigenvalue weighted by Crippen LogP contribution is 2.39. The summed E-state index contributed by atoms with van der Waals surface area (Å²) < 4.78 is 6.01. The van der Waals surface area contributed by atoms with Crippen LogP contribution in [0, 0.1) is 5.92 Å². The van der Waals surface area contributed by atoms with E-state index in [1.54, 1.807) is 7.11 Å². The van der Waals surface area contributed by atoms with Crippen molar-refractivity contribution >= 4 is 17.4 Å². The number of anilines is 1. The minimum atomic E-state index is -0.141. The fourth-order valence-electron chi connectivity index (χ4n) is 6.89. The third-order valence-electron chi connectivity index (χ3n) is 9.12. The Kier molecular flexibility index (Phi) is 8.99. The van der Waals surface area contributed by atoms with E-state index < -0.39 is 0 Å². The number of allylic oxidation sites excluding steroid dienone is 1. The van der Waals surface area contributed by atoms with Gasteiger partial charge in [0.1, 0.15) is 0 Å². The molecule has 4 aliphatic rings. The predicted octanol–water partition coefficient (Wildman–Crippen LogP) is 2.75. The molecular formula is C30H45N7O2. The zero-order chi connectivity index (χ0) is 27.4. The summed E-state index contributed by atoms with van der Waals surface area (Å²) in [5.41, 5.74) is 2.20. The quantitative estimate of drug-likeness (QED) is 0.350. The molecule has 1 saturated heterocycles. The lowest BCUT2D eigenvalue weighted by atomic mass is 9.83. The van der Waals surface area contributed by atoms with Crippen LogP contribution >= 0.6 is 0 Å². The van der Waals surface area contributed by atoms with Crippen molar-refractivity contribution in [1.29, 1.82) is 0 Å². The third-order valence-corrected chi connectivity index (χ3v) is 9.12. The molecule has 1 aromatic rings. The molecule has 212 valence electrons. The highest BCUT2D eigenvalue weighted by Gasteiger charge is 2.40. The number of likely N-dealkylation sites (N-methyl/N-ethyl adjacent to an activating group) is 1. The van der Waals surface area contributed by atoms with E-state index in [4.69, 9.17) is 9.72 Å². The molecule has 9 heteroatoms. The molecule has 9 nitrogen and oxygen atoms in total. The monoisotopic (exact) mass is 535 g/mol. The number of amides is 1. The fraction of sp³-hybridized carbons (Fsp3) is 0.633. The van der Waals surface area contributed by atoms with Crippen molar-refractivity contribution in [2.45, 2.75) is 68.8 Å². The van der Waals surface area contributed by atoms with Gasteiger partial charge >= 0.3 is 0 Å². The molecule has 2 aliphatic heterocycles. The van der Waals surface area contributed by atoms with E-state index in [2.05, 4.69) is 69.3 Å². The summed E-state index contributed by atoms with van der Waals surface area (Å²) in [6.45, 7) is 8.07. The maximum Gasteiger partial charge on any atom is 0.243 e. The molecule has 5 unspecified atom stereocenters. The van der Waals surface area contributed by atoms with Crippen molar-refractivity contribution in [2.75, 3.05) is 52.7 Å². The number of likely N-dealkylation sites (tertiary alicyclic amines) is 1. The molecule has 0 spiro atoms. The van der Waals surface area contributed by atoms with Gasteiger partial charge < -0.3 is 30.1 Å². The second-order valence-electron chi connectivity index (χ2n) is 11.5. The number of aromatic nitrogens is 2. The van der Waals surface area contributed by atoms with Crippen LogP contribution in [0.2, 0.25) is 0 Å². The lowest BCUT2D eigenvalue weighted by molar-refractivity contribution is -0.118. The summed E-state index contributed by atoms with van der Waals surface area (Å²) in [6.07, 6.45) is 16.4. The average molecular weight is 536 g/mol. The number of hydrogen-bond donors (Lipinski definition) is 2. The molecule has 3 heterocycles. The Hall–Kier alpha value is -2.75. The van der Waals surface area contributed by atoms with E-state index in [9.17, 15) is 4.79 Å². The molecule has 0 aromatic carbocycles. The first kappa shape index (κ1) is 27.8. The largest absolute Gasteiger partial charge is 0.379 e. The molecule has 1 amide bonds. The molecular weight excluding hydrogens is 490 g/mol. The van der Waals surface area contributed by atoms with Crippen LogP contribution in [0.25, 0.3) is 5.57 Å². The maximum atomic E-state index is 12.4. The minimum Gasteiger partial charge on any atom is -0.379 e. The molecule has 1 aromatic heterocycles. The summed E-state index contributed by atoms with van der Waals surface area (Å²) in [5, 5.41) is 6.79. The molecule has 6 atom stereocenters. The van der Waals surface area contributed by atoms with Gasteiger partial charge in [-0.2, -0.15) is 0 Å². The summed E-state index contributed by atoms with van der Waals surface area (Å²) in [4.78, 5) is 29.2. The van der Waals surface area contributed by atoms with Crippen LogP contribution in [0.3, 0.4) is 0 Å². The normalized spacial score (nSPS) is 30.8. The van der Waals surface area contributed by atoms with Gasteiger partial charge in [0.05, 0.1) is 17.8 Å². The molecule has 0 radical (unpaired) electrons. The van der Waals surface area contributed by atoms with Crippen LogP contribution in [0.1, 0.15) is 44.2 Å². The van der Waals surface area contributed by atoms with E-state index in [1.165, 1.54) is 37.6 Å². The van der Waals surface area contributed by atoms with Crippen molar-refractivity contribution in [3.05, 3.63) is 49.0 Å². The van der Waals surface area contributed by atoms with Crippen molar-refractivity contribution in [3.8, 4) is 0 Å². The first-order chi connectivity index (χ1) is 19.0. The Morgan fingerprint density at radius 1 is 1.28 bits per heavy atom. The smallest absolute Gasteiger partial charge is 0.243 e. The highest BCUT2D eigenvalue weighted by molar-refractivity contribution is 5.87. The first-order valence-electron chi connectivity index (χ1n) is 14.6. The first-order valence-corrected chi connectivity index (χ1v) is 14.6. The van der Waals surface area contributed by atoms with Crippen LogP contribution in [0.15, 0.2) is 43.3 Å². The second kappa shape index (κ2) is 12.6. The predicted molar refractivity (Wildman–Crippen MR) is 155 cm³/mol.